The number of hydrogen-bond acceptors (Lipinski definition) is 9. The largest absolute Gasteiger partial charge is 0.444 e. The summed E-state index contributed by atoms with van der Waals surface area (Å²) in [5, 5.41) is 22.2. The highest BCUT2D eigenvalue weighted by molar-refractivity contribution is 5.90. The van der Waals surface area contributed by atoms with Gasteiger partial charge < -0.3 is 25.3 Å². The number of hydrogen-bond donors (Lipinski definition) is 4. The molecular weight excluding hydrogens is 433 g/mol. The molecule has 0 bridgehead atoms. The summed E-state index contributed by atoms with van der Waals surface area (Å²) in [4.78, 5) is 27.3. The van der Waals surface area contributed by atoms with Crippen LogP contribution in [0.5, 0.6) is 0 Å². The van der Waals surface area contributed by atoms with E-state index >= 15 is 0 Å². The Morgan fingerprint density at radius 1 is 1.36 bits per heavy atom. The van der Waals surface area contributed by atoms with Crippen molar-refractivity contribution in [3.05, 3.63) is 42.0 Å². The first kappa shape index (κ1) is 23.9. The Labute approximate surface area is 189 Å². The normalized spacial score (nSPS) is 14.4. The minimum Gasteiger partial charge on any atom is -0.444 e. The molecule has 1 atom stereocenters. The number of alkyl carbamates (subject to hydrolysis) is 1. The zero-order chi connectivity index (χ0) is 23.8. The van der Waals surface area contributed by atoms with Gasteiger partial charge in [-0.15, -0.1) is 0 Å². The van der Waals surface area contributed by atoms with Crippen molar-refractivity contribution in [3.63, 3.8) is 0 Å². The highest BCUT2D eigenvalue weighted by Crippen LogP contribution is 2.25. The zero-order valence-electron chi connectivity index (χ0n) is 18.1. The second-order valence-corrected chi connectivity index (χ2v) is 7.45. The number of carbonyl (C=O) groups excluding carboxylic acids is 1. The molecule has 3 rings (SSSR count). The number of aromatic nitrogens is 2. The van der Waals surface area contributed by atoms with Gasteiger partial charge in [0.1, 0.15) is 19.0 Å². The van der Waals surface area contributed by atoms with Gasteiger partial charge in [0, 0.05) is 55.0 Å². The average molecular weight is 459 g/mol. The minimum absolute atomic E-state index is 0.160. The molecule has 12 heteroatoms. The van der Waals surface area contributed by atoms with Gasteiger partial charge in [-0.25, -0.2) is 19.2 Å². The molecule has 0 aliphatic carbocycles. The number of piperidine rings is 1. The maximum Gasteiger partial charge on any atom is 0.414 e. The lowest BCUT2D eigenvalue weighted by molar-refractivity contribution is 0.0494. The van der Waals surface area contributed by atoms with Crippen LogP contribution in [0.1, 0.15) is 25.3 Å². The van der Waals surface area contributed by atoms with Crippen LogP contribution in [-0.4, -0.2) is 58.6 Å². The molecule has 1 saturated heterocycles. The SMILES string of the molecule is CC(O)CON=C1CCN(c2ncc(-c3cccc(COC(=O)NC(=N)N)c3F)cn2)CC1. The summed E-state index contributed by atoms with van der Waals surface area (Å²) >= 11 is 0. The average Bonchev–Trinajstić information content (AvgIpc) is 2.78. The minimum atomic E-state index is -0.941. The lowest BCUT2D eigenvalue weighted by Crippen LogP contribution is -2.36. The molecule has 1 aromatic carbocycles. The number of aliphatic hydroxyl groups is 1. The first-order valence-electron chi connectivity index (χ1n) is 10.3. The molecule has 1 unspecified atom stereocenters. The van der Waals surface area contributed by atoms with Gasteiger partial charge in [-0.3, -0.25) is 10.7 Å². The molecule has 176 valence electrons. The number of guanidine groups is 1. The number of nitrogens with zero attached hydrogens (tertiary/aromatic N) is 4. The van der Waals surface area contributed by atoms with Crippen molar-refractivity contribution in [1.29, 1.82) is 5.41 Å². The Kier molecular flexibility index (Phi) is 8.08. The lowest BCUT2D eigenvalue weighted by Gasteiger charge is -2.27. The van der Waals surface area contributed by atoms with Crippen molar-refractivity contribution < 1.29 is 23.9 Å². The van der Waals surface area contributed by atoms with Crippen LogP contribution in [0.4, 0.5) is 15.1 Å². The lowest BCUT2D eigenvalue weighted by atomic mass is 10.1. The highest BCUT2D eigenvalue weighted by Gasteiger charge is 2.19. The summed E-state index contributed by atoms with van der Waals surface area (Å²) in [5.41, 5.74) is 6.89. The van der Waals surface area contributed by atoms with E-state index in [0.717, 1.165) is 5.71 Å². The Hall–Kier alpha value is -3.80. The second kappa shape index (κ2) is 11.2. The van der Waals surface area contributed by atoms with Gasteiger partial charge in [-0.1, -0.05) is 23.4 Å². The summed E-state index contributed by atoms with van der Waals surface area (Å²) in [6, 6.07) is 4.72. The number of oxime groups is 1. The standard InChI is InChI=1S/C21H26FN7O4/c1-13(30)11-33-28-16-5-7-29(8-6-16)20-25-9-15(10-26-20)17-4-2-3-14(18(17)22)12-32-21(31)27-19(23)24/h2-4,9-10,13,30H,5-8,11-12H2,1H3,(H4,23,24,27,31). The number of halogens is 1. The molecule has 1 fully saturated rings. The van der Waals surface area contributed by atoms with Crippen LogP contribution in [0.3, 0.4) is 0 Å². The molecule has 5 N–H and O–H groups in total. The van der Waals surface area contributed by atoms with E-state index in [-0.39, 0.29) is 24.3 Å². The predicted molar refractivity (Wildman–Crippen MR) is 119 cm³/mol. The van der Waals surface area contributed by atoms with Gasteiger partial charge in [0.05, 0.1) is 11.8 Å². The van der Waals surface area contributed by atoms with Gasteiger partial charge >= 0.3 is 6.09 Å². The molecule has 11 nitrogen and oxygen atoms in total. The van der Waals surface area contributed by atoms with E-state index in [9.17, 15) is 14.3 Å². The number of benzene rings is 1. The first-order chi connectivity index (χ1) is 15.8. The Bertz CT molecular complexity index is 1000. The predicted octanol–water partition coefficient (Wildman–Crippen LogP) is 1.76. The topological polar surface area (TPSA) is 159 Å². The van der Waals surface area contributed by atoms with Crippen molar-refractivity contribution in [2.75, 3.05) is 24.6 Å². The van der Waals surface area contributed by atoms with Crippen LogP contribution in [-0.2, 0) is 16.2 Å². The van der Waals surface area contributed by atoms with E-state index in [2.05, 4.69) is 15.1 Å². The Balaban J connectivity index is 1.61. The number of ether oxygens (including phenoxy) is 1. The third-order valence-electron chi connectivity index (χ3n) is 4.76. The fourth-order valence-corrected chi connectivity index (χ4v) is 3.12. The summed E-state index contributed by atoms with van der Waals surface area (Å²) in [6.45, 7) is 2.80. The number of aliphatic hydroxyl groups excluding tert-OH is 1. The van der Waals surface area contributed by atoms with Gasteiger partial charge in [0.15, 0.2) is 5.96 Å². The number of rotatable bonds is 7. The van der Waals surface area contributed by atoms with E-state index in [1.807, 2.05) is 10.2 Å². The maximum atomic E-state index is 14.9. The van der Waals surface area contributed by atoms with Crippen molar-refractivity contribution in [1.82, 2.24) is 15.3 Å². The molecule has 33 heavy (non-hydrogen) atoms. The molecular formula is C21H26FN7O4. The molecule has 2 heterocycles. The number of amides is 1. The van der Waals surface area contributed by atoms with Crippen LogP contribution < -0.4 is 16.0 Å². The third kappa shape index (κ3) is 6.84. The summed E-state index contributed by atoms with van der Waals surface area (Å²) < 4.78 is 19.8. The van der Waals surface area contributed by atoms with Crippen LogP contribution in [0, 0.1) is 11.2 Å². The van der Waals surface area contributed by atoms with E-state index in [1.165, 1.54) is 6.07 Å². The van der Waals surface area contributed by atoms with Gasteiger partial charge in [0.25, 0.3) is 0 Å². The summed E-state index contributed by atoms with van der Waals surface area (Å²) in [6.07, 6.45) is 2.97. The molecule has 1 amide bonds. The van der Waals surface area contributed by atoms with E-state index in [0.29, 0.717) is 37.4 Å². The Morgan fingerprint density at radius 2 is 2.06 bits per heavy atom. The molecule has 1 aliphatic rings. The quantitative estimate of drug-likeness (QED) is 0.277. The smallest absolute Gasteiger partial charge is 0.414 e. The van der Waals surface area contributed by atoms with Crippen molar-refractivity contribution >= 4 is 23.7 Å². The van der Waals surface area contributed by atoms with Crippen molar-refractivity contribution in [3.8, 4) is 11.1 Å². The molecule has 0 radical (unpaired) electrons. The summed E-state index contributed by atoms with van der Waals surface area (Å²) in [5.74, 6) is -0.586. The number of anilines is 1. The van der Waals surface area contributed by atoms with Crippen LogP contribution >= 0.6 is 0 Å². The number of nitrogens with two attached hydrogens (primary N) is 1. The van der Waals surface area contributed by atoms with Crippen molar-refractivity contribution in [2.45, 2.75) is 32.5 Å². The third-order valence-corrected chi connectivity index (χ3v) is 4.76. The number of nitrogens with one attached hydrogen (secondary N) is 2. The molecule has 0 saturated carbocycles. The van der Waals surface area contributed by atoms with E-state index in [1.54, 1.807) is 31.5 Å². The second-order valence-electron chi connectivity index (χ2n) is 7.45. The zero-order valence-corrected chi connectivity index (χ0v) is 18.1. The van der Waals surface area contributed by atoms with E-state index in [4.69, 9.17) is 20.7 Å². The van der Waals surface area contributed by atoms with Crippen molar-refractivity contribution in [2.24, 2.45) is 10.9 Å². The number of carbonyl (C=O) groups is 1. The molecule has 1 aliphatic heterocycles. The van der Waals surface area contributed by atoms with Crippen LogP contribution in [0.2, 0.25) is 0 Å². The molecule has 2 aromatic rings. The van der Waals surface area contributed by atoms with Gasteiger partial charge in [-0.05, 0) is 6.92 Å². The fourth-order valence-electron chi connectivity index (χ4n) is 3.12. The monoisotopic (exact) mass is 459 g/mol. The summed E-state index contributed by atoms with van der Waals surface area (Å²) in [7, 11) is 0. The van der Waals surface area contributed by atoms with Crippen LogP contribution in [0.25, 0.3) is 11.1 Å². The maximum absolute atomic E-state index is 14.9. The van der Waals surface area contributed by atoms with Gasteiger partial charge in [0.2, 0.25) is 5.95 Å². The molecule has 0 spiro atoms. The van der Waals surface area contributed by atoms with Crippen LogP contribution in [0.15, 0.2) is 35.7 Å². The van der Waals surface area contributed by atoms with E-state index < -0.39 is 24.0 Å². The fraction of sp³-hybridized carbons (Fsp3) is 0.381. The first-order valence-corrected chi connectivity index (χ1v) is 10.3. The Morgan fingerprint density at radius 3 is 2.70 bits per heavy atom. The molecule has 1 aromatic heterocycles. The highest BCUT2D eigenvalue weighted by atomic mass is 19.1. The van der Waals surface area contributed by atoms with Gasteiger partial charge in [-0.2, -0.15) is 0 Å².